The van der Waals surface area contributed by atoms with Gasteiger partial charge in [-0.1, -0.05) is 6.92 Å². The van der Waals surface area contributed by atoms with E-state index in [0.29, 0.717) is 5.41 Å². The summed E-state index contributed by atoms with van der Waals surface area (Å²) >= 11 is 0. The average Bonchev–Trinajstić information content (AvgIpc) is 2.83. The molecule has 2 rings (SSSR count). The maximum absolute atomic E-state index is 5.55. The Morgan fingerprint density at radius 1 is 1.45 bits per heavy atom. The molecule has 1 fully saturated rings. The van der Waals surface area contributed by atoms with E-state index in [9.17, 15) is 0 Å². The molecule has 0 saturated carbocycles. The number of ether oxygens (including phenoxy) is 1. The monoisotopic (exact) mass is 280 g/mol. The Kier molecular flexibility index (Phi) is 5.57. The Labute approximate surface area is 122 Å². The molecular formula is C15H28N4O. The molecule has 20 heavy (non-hydrogen) atoms. The Bertz CT molecular complexity index is 398. The fraction of sp³-hybridized carbons (Fsp3) is 0.800. The van der Waals surface area contributed by atoms with E-state index in [-0.39, 0.29) is 0 Å². The van der Waals surface area contributed by atoms with Crippen LogP contribution < -0.4 is 5.32 Å². The summed E-state index contributed by atoms with van der Waals surface area (Å²) < 4.78 is 7.64. The van der Waals surface area contributed by atoms with Gasteiger partial charge in [0.05, 0.1) is 6.54 Å². The molecule has 5 heteroatoms. The van der Waals surface area contributed by atoms with Gasteiger partial charge < -0.3 is 14.6 Å². The Balaban J connectivity index is 1.94. The summed E-state index contributed by atoms with van der Waals surface area (Å²) in [5.41, 5.74) is 0.341. The Hall–Kier alpha value is -0.910. The number of hydrogen-bond donors (Lipinski definition) is 1. The second kappa shape index (κ2) is 7.20. The van der Waals surface area contributed by atoms with Gasteiger partial charge in [-0.05, 0) is 31.8 Å². The van der Waals surface area contributed by atoms with E-state index >= 15 is 0 Å². The van der Waals surface area contributed by atoms with Gasteiger partial charge in [-0.3, -0.25) is 4.90 Å². The van der Waals surface area contributed by atoms with Gasteiger partial charge in [-0.15, -0.1) is 0 Å². The lowest BCUT2D eigenvalue weighted by Gasteiger charge is -2.40. The summed E-state index contributed by atoms with van der Waals surface area (Å²) in [5, 5.41) is 3.53. The van der Waals surface area contributed by atoms with Crippen molar-refractivity contribution < 1.29 is 4.74 Å². The first-order valence-electron chi connectivity index (χ1n) is 7.58. The van der Waals surface area contributed by atoms with Gasteiger partial charge in [-0.25, -0.2) is 4.98 Å². The van der Waals surface area contributed by atoms with Crippen molar-refractivity contribution in [1.82, 2.24) is 19.8 Å². The maximum atomic E-state index is 5.55. The molecule has 0 spiro atoms. The first kappa shape index (κ1) is 15.5. The second-order valence-electron chi connectivity index (χ2n) is 6.02. The van der Waals surface area contributed by atoms with E-state index in [1.165, 1.54) is 0 Å². The summed E-state index contributed by atoms with van der Waals surface area (Å²) in [7, 11) is 4.25. The highest BCUT2D eigenvalue weighted by molar-refractivity contribution is 4.92. The number of nitrogens with zero attached hydrogens (tertiary/aromatic N) is 3. The van der Waals surface area contributed by atoms with Crippen molar-refractivity contribution in [1.29, 1.82) is 0 Å². The molecule has 0 radical (unpaired) electrons. The minimum absolute atomic E-state index is 0.341. The summed E-state index contributed by atoms with van der Waals surface area (Å²) in [6, 6.07) is 0. The molecule has 2 heterocycles. The molecule has 0 amide bonds. The molecule has 1 aromatic rings. The zero-order valence-electron chi connectivity index (χ0n) is 13.1. The van der Waals surface area contributed by atoms with Gasteiger partial charge in [0.15, 0.2) is 0 Å². The molecule has 5 nitrogen and oxygen atoms in total. The predicted molar refractivity (Wildman–Crippen MR) is 80.6 cm³/mol. The molecular weight excluding hydrogens is 252 g/mol. The van der Waals surface area contributed by atoms with Gasteiger partial charge in [0.2, 0.25) is 0 Å². The highest BCUT2D eigenvalue weighted by atomic mass is 16.5. The lowest BCUT2D eigenvalue weighted by atomic mass is 9.79. The third kappa shape index (κ3) is 4.04. The number of aromatic nitrogens is 2. The Morgan fingerprint density at radius 3 is 2.80 bits per heavy atom. The third-order valence-corrected chi connectivity index (χ3v) is 4.24. The van der Waals surface area contributed by atoms with E-state index in [0.717, 1.165) is 58.1 Å². The van der Waals surface area contributed by atoms with Gasteiger partial charge in [0, 0.05) is 45.7 Å². The molecule has 0 aromatic carbocycles. The van der Waals surface area contributed by atoms with E-state index in [1.807, 2.05) is 12.4 Å². The van der Waals surface area contributed by atoms with Crippen LogP contribution >= 0.6 is 0 Å². The molecule has 0 unspecified atom stereocenters. The summed E-state index contributed by atoms with van der Waals surface area (Å²) in [6.45, 7) is 8.06. The van der Waals surface area contributed by atoms with Crippen LogP contribution in [0.15, 0.2) is 12.4 Å². The molecule has 0 atom stereocenters. The standard InChI is InChI=1S/C15H28N4O/c1-4-16-12-15(5-9-20-10-6-15)13-18(2)11-14-17-7-8-19(14)3/h7-8,16H,4-6,9-13H2,1-3H3. The van der Waals surface area contributed by atoms with Gasteiger partial charge in [0.1, 0.15) is 5.82 Å². The first-order valence-corrected chi connectivity index (χ1v) is 7.58. The van der Waals surface area contributed by atoms with E-state index < -0.39 is 0 Å². The molecule has 1 aliphatic heterocycles. The summed E-state index contributed by atoms with van der Waals surface area (Å²) in [5.74, 6) is 1.12. The second-order valence-corrected chi connectivity index (χ2v) is 6.02. The first-order chi connectivity index (χ1) is 9.65. The van der Waals surface area contributed by atoms with Crippen molar-refractivity contribution in [2.45, 2.75) is 26.3 Å². The van der Waals surface area contributed by atoms with E-state index in [4.69, 9.17) is 4.74 Å². The molecule has 114 valence electrons. The van der Waals surface area contributed by atoms with Gasteiger partial charge in [-0.2, -0.15) is 0 Å². The smallest absolute Gasteiger partial charge is 0.122 e. The third-order valence-electron chi connectivity index (χ3n) is 4.24. The zero-order chi connectivity index (χ0) is 14.4. The van der Waals surface area contributed by atoms with Gasteiger partial charge in [0.25, 0.3) is 0 Å². The molecule has 0 bridgehead atoms. The van der Waals surface area contributed by atoms with Crippen molar-refractivity contribution in [3.63, 3.8) is 0 Å². The maximum Gasteiger partial charge on any atom is 0.122 e. The molecule has 0 aliphatic carbocycles. The van der Waals surface area contributed by atoms with Crippen LogP contribution in [0.3, 0.4) is 0 Å². The summed E-state index contributed by atoms with van der Waals surface area (Å²) in [4.78, 5) is 6.81. The van der Waals surface area contributed by atoms with Crippen LogP contribution in [-0.2, 0) is 18.3 Å². The number of rotatable bonds is 7. The highest BCUT2D eigenvalue weighted by Crippen LogP contribution is 2.31. The lowest BCUT2D eigenvalue weighted by Crippen LogP contribution is -2.46. The number of imidazole rings is 1. The van der Waals surface area contributed by atoms with Crippen LogP contribution in [0.2, 0.25) is 0 Å². The van der Waals surface area contributed by atoms with Crippen LogP contribution in [0, 0.1) is 5.41 Å². The lowest BCUT2D eigenvalue weighted by molar-refractivity contribution is -0.00177. The van der Waals surface area contributed by atoms with Crippen LogP contribution in [0.4, 0.5) is 0 Å². The SMILES string of the molecule is CCNCC1(CN(C)Cc2nccn2C)CCOCC1. The van der Waals surface area contributed by atoms with Crippen LogP contribution in [0.25, 0.3) is 0 Å². The minimum atomic E-state index is 0.341. The average molecular weight is 280 g/mol. The van der Waals surface area contributed by atoms with Crippen LogP contribution in [0.1, 0.15) is 25.6 Å². The number of hydrogen-bond acceptors (Lipinski definition) is 4. The fourth-order valence-electron chi connectivity index (χ4n) is 3.00. The van der Waals surface area contributed by atoms with Crippen molar-refractivity contribution in [2.24, 2.45) is 12.5 Å². The number of nitrogens with one attached hydrogen (secondary N) is 1. The van der Waals surface area contributed by atoms with Crippen molar-refractivity contribution >= 4 is 0 Å². The number of aryl methyl sites for hydroxylation is 1. The largest absolute Gasteiger partial charge is 0.381 e. The van der Waals surface area contributed by atoms with Crippen molar-refractivity contribution in [3.8, 4) is 0 Å². The topological polar surface area (TPSA) is 42.3 Å². The van der Waals surface area contributed by atoms with Crippen LogP contribution in [-0.4, -0.2) is 54.3 Å². The van der Waals surface area contributed by atoms with E-state index in [1.54, 1.807) is 0 Å². The summed E-state index contributed by atoms with van der Waals surface area (Å²) in [6.07, 6.45) is 6.16. The molecule has 1 aromatic heterocycles. The van der Waals surface area contributed by atoms with Crippen molar-refractivity contribution in [3.05, 3.63) is 18.2 Å². The fourth-order valence-corrected chi connectivity index (χ4v) is 3.00. The van der Waals surface area contributed by atoms with Crippen LogP contribution in [0.5, 0.6) is 0 Å². The molecule has 1 N–H and O–H groups in total. The van der Waals surface area contributed by atoms with Gasteiger partial charge >= 0.3 is 0 Å². The highest BCUT2D eigenvalue weighted by Gasteiger charge is 2.33. The minimum Gasteiger partial charge on any atom is -0.381 e. The quantitative estimate of drug-likeness (QED) is 0.816. The van der Waals surface area contributed by atoms with Crippen molar-refractivity contribution in [2.75, 3.05) is 39.9 Å². The Morgan fingerprint density at radius 2 is 2.20 bits per heavy atom. The zero-order valence-corrected chi connectivity index (χ0v) is 13.1. The van der Waals surface area contributed by atoms with E-state index in [2.05, 4.69) is 40.8 Å². The normalized spacial score (nSPS) is 18.6. The predicted octanol–water partition coefficient (Wildman–Crippen LogP) is 1.26. The molecule has 1 saturated heterocycles. The molecule has 1 aliphatic rings.